The minimum Gasteiger partial charge on any atom is -0.494 e. The van der Waals surface area contributed by atoms with Crippen molar-refractivity contribution in [3.8, 4) is 34.7 Å². The lowest BCUT2D eigenvalue weighted by molar-refractivity contribution is 0.391. The number of methoxy groups -OCH3 is 3. The molecule has 34 heavy (non-hydrogen) atoms. The molecule has 0 radical (unpaired) electrons. The standard InChI is InChI=1S/C22H23N5O6S/c1-30-16-8-4-9-17(31-2)19(16)27-20(18-10-6-13-33-18)24-25-22(27)26-34(28,29)14-11-15-7-5-12-23-21(15)32-3/h4-10,12-13H,11,14H2,1-3H3,(H,25,26). The second-order valence-electron chi connectivity index (χ2n) is 7.01. The van der Waals surface area contributed by atoms with Crippen LogP contribution in [0.2, 0.25) is 0 Å². The van der Waals surface area contributed by atoms with E-state index in [-0.39, 0.29) is 23.9 Å². The zero-order valence-electron chi connectivity index (χ0n) is 18.8. The number of ether oxygens (including phenoxy) is 3. The molecular weight excluding hydrogens is 462 g/mol. The Bertz CT molecular complexity index is 1350. The normalized spacial score (nSPS) is 11.3. The Hall–Kier alpha value is -4.06. The Morgan fingerprint density at radius 3 is 2.38 bits per heavy atom. The maximum atomic E-state index is 13.0. The molecule has 0 aliphatic heterocycles. The average molecular weight is 486 g/mol. The monoisotopic (exact) mass is 485 g/mol. The Balaban J connectivity index is 1.74. The molecule has 0 spiro atoms. The summed E-state index contributed by atoms with van der Waals surface area (Å²) in [6.07, 6.45) is 3.25. The topological polar surface area (TPSA) is 131 Å². The molecule has 3 aromatic heterocycles. The fraction of sp³-hybridized carbons (Fsp3) is 0.227. The van der Waals surface area contributed by atoms with Gasteiger partial charge < -0.3 is 18.6 Å². The summed E-state index contributed by atoms with van der Waals surface area (Å²) in [5.74, 6) is 1.58. The molecule has 0 saturated carbocycles. The second kappa shape index (κ2) is 9.83. The average Bonchev–Trinajstić information content (AvgIpc) is 3.52. The van der Waals surface area contributed by atoms with Crippen molar-refractivity contribution >= 4 is 16.0 Å². The zero-order chi connectivity index (χ0) is 24.1. The third-order valence-electron chi connectivity index (χ3n) is 4.96. The SMILES string of the molecule is COc1cccc(OC)c1-n1c(NS(=O)(=O)CCc2cccnc2OC)nnc1-c1ccco1. The van der Waals surface area contributed by atoms with Gasteiger partial charge in [0.15, 0.2) is 5.76 Å². The summed E-state index contributed by atoms with van der Waals surface area (Å²) < 4.78 is 51.8. The second-order valence-corrected chi connectivity index (χ2v) is 8.86. The van der Waals surface area contributed by atoms with Crippen molar-refractivity contribution in [2.45, 2.75) is 6.42 Å². The van der Waals surface area contributed by atoms with Gasteiger partial charge in [-0.15, -0.1) is 10.2 Å². The maximum Gasteiger partial charge on any atom is 0.243 e. The highest BCUT2D eigenvalue weighted by atomic mass is 32.2. The first kappa shape index (κ1) is 23.1. The van der Waals surface area contributed by atoms with Gasteiger partial charge in [-0.3, -0.25) is 9.29 Å². The summed E-state index contributed by atoms with van der Waals surface area (Å²) in [7, 11) is 0.633. The van der Waals surface area contributed by atoms with Gasteiger partial charge in [0, 0.05) is 11.8 Å². The number of anilines is 1. The van der Waals surface area contributed by atoms with Crippen molar-refractivity contribution < 1.29 is 27.0 Å². The number of nitrogens with one attached hydrogen (secondary N) is 1. The molecule has 0 atom stereocenters. The number of rotatable bonds is 10. The van der Waals surface area contributed by atoms with Gasteiger partial charge >= 0.3 is 0 Å². The van der Waals surface area contributed by atoms with Gasteiger partial charge in [-0.2, -0.15) is 0 Å². The van der Waals surface area contributed by atoms with Crippen LogP contribution in [0.3, 0.4) is 0 Å². The number of hydrogen-bond donors (Lipinski definition) is 1. The first-order valence-corrected chi connectivity index (χ1v) is 11.8. The van der Waals surface area contributed by atoms with Crippen LogP contribution in [0.1, 0.15) is 5.56 Å². The molecule has 1 aromatic carbocycles. The number of pyridine rings is 1. The molecule has 0 aliphatic rings. The Labute approximate surface area is 196 Å². The van der Waals surface area contributed by atoms with E-state index in [9.17, 15) is 8.42 Å². The van der Waals surface area contributed by atoms with Gasteiger partial charge in [-0.25, -0.2) is 13.4 Å². The highest BCUT2D eigenvalue weighted by Gasteiger charge is 2.26. The predicted molar refractivity (Wildman–Crippen MR) is 124 cm³/mol. The molecule has 12 heteroatoms. The minimum absolute atomic E-state index is 0.0487. The van der Waals surface area contributed by atoms with E-state index >= 15 is 0 Å². The molecule has 0 fully saturated rings. The molecule has 178 valence electrons. The van der Waals surface area contributed by atoms with Crippen LogP contribution in [-0.2, 0) is 16.4 Å². The number of hydrogen-bond acceptors (Lipinski definition) is 9. The van der Waals surface area contributed by atoms with Crippen LogP contribution in [-0.4, -0.2) is 55.2 Å². The zero-order valence-corrected chi connectivity index (χ0v) is 19.6. The lowest BCUT2D eigenvalue weighted by atomic mass is 10.2. The first-order valence-electron chi connectivity index (χ1n) is 10.2. The molecule has 0 bridgehead atoms. The van der Waals surface area contributed by atoms with E-state index in [1.54, 1.807) is 48.7 Å². The first-order chi connectivity index (χ1) is 16.5. The fourth-order valence-electron chi connectivity index (χ4n) is 3.41. The largest absolute Gasteiger partial charge is 0.494 e. The summed E-state index contributed by atoms with van der Waals surface area (Å²) >= 11 is 0. The fourth-order valence-corrected chi connectivity index (χ4v) is 4.41. The van der Waals surface area contributed by atoms with Gasteiger partial charge in [0.2, 0.25) is 27.7 Å². The molecule has 0 saturated heterocycles. The smallest absolute Gasteiger partial charge is 0.243 e. The van der Waals surface area contributed by atoms with Crippen LogP contribution in [0.5, 0.6) is 17.4 Å². The Morgan fingerprint density at radius 1 is 0.971 bits per heavy atom. The number of sulfonamides is 1. The van der Waals surface area contributed by atoms with Crippen LogP contribution in [0.15, 0.2) is 59.3 Å². The Kier molecular flexibility index (Phi) is 6.68. The van der Waals surface area contributed by atoms with Gasteiger partial charge in [-0.05, 0) is 36.8 Å². The highest BCUT2D eigenvalue weighted by Crippen LogP contribution is 2.37. The minimum atomic E-state index is -3.85. The summed E-state index contributed by atoms with van der Waals surface area (Å²) in [5.41, 5.74) is 1.08. The van der Waals surface area contributed by atoms with Gasteiger partial charge in [-0.1, -0.05) is 12.1 Å². The molecule has 11 nitrogen and oxygen atoms in total. The van der Waals surface area contributed by atoms with E-state index in [1.165, 1.54) is 32.2 Å². The van der Waals surface area contributed by atoms with Gasteiger partial charge in [0.25, 0.3) is 0 Å². The van der Waals surface area contributed by atoms with Crippen LogP contribution in [0, 0.1) is 0 Å². The molecular formula is C22H23N5O6S. The van der Waals surface area contributed by atoms with E-state index in [0.29, 0.717) is 34.4 Å². The number of aryl methyl sites for hydroxylation is 1. The lowest BCUT2D eigenvalue weighted by Gasteiger charge is -2.17. The van der Waals surface area contributed by atoms with Gasteiger partial charge in [0.05, 0.1) is 33.3 Å². The summed E-state index contributed by atoms with van der Waals surface area (Å²) in [5, 5.41) is 8.25. The van der Waals surface area contributed by atoms with Crippen LogP contribution < -0.4 is 18.9 Å². The molecule has 0 unspecified atom stereocenters. The number of benzene rings is 1. The van der Waals surface area contributed by atoms with Crippen molar-refractivity contribution in [3.05, 3.63) is 60.5 Å². The van der Waals surface area contributed by atoms with Gasteiger partial charge in [0.1, 0.15) is 17.2 Å². The summed E-state index contributed by atoms with van der Waals surface area (Å²) in [6.45, 7) is 0. The van der Waals surface area contributed by atoms with E-state index in [1.807, 2.05) is 0 Å². The van der Waals surface area contributed by atoms with Crippen LogP contribution >= 0.6 is 0 Å². The maximum absolute atomic E-state index is 13.0. The number of nitrogens with zero attached hydrogens (tertiary/aromatic N) is 4. The summed E-state index contributed by atoms with van der Waals surface area (Å²) in [4.78, 5) is 4.10. The molecule has 4 aromatic rings. The Morgan fingerprint density at radius 2 is 1.74 bits per heavy atom. The number of furan rings is 1. The quantitative estimate of drug-likeness (QED) is 0.360. The van der Waals surface area contributed by atoms with Crippen molar-refractivity contribution in [1.29, 1.82) is 0 Å². The van der Waals surface area contributed by atoms with Crippen molar-refractivity contribution in [2.75, 3.05) is 31.8 Å². The molecule has 3 heterocycles. The predicted octanol–water partition coefficient (Wildman–Crippen LogP) is 2.93. The third kappa shape index (κ3) is 4.66. The third-order valence-corrected chi connectivity index (χ3v) is 6.20. The van der Waals surface area contributed by atoms with E-state index in [0.717, 1.165) is 0 Å². The molecule has 4 rings (SSSR count). The molecule has 0 aliphatic carbocycles. The lowest BCUT2D eigenvalue weighted by Crippen LogP contribution is -2.21. The van der Waals surface area contributed by atoms with Crippen LogP contribution in [0.4, 0.5) is 5.95 Å². The van der Waals surface area contributed by atoms with Crippen molar-refractivity contribution in [3.63, 3.8) is 0 Å². The highest BCUT2D eigenvalue weighted by molar-refractivity contribution is 7.92. The number of aromatic nitrogens is 4. The van der Waals surface area contributed by atoms with E-state index < -0.39 is 10.0 Å². The molecule has 0 amide bonds. The van der Waals surface area contributed by atoms with Crippen molar-refractivity contribution in [1.82, 2.24) is 19.7 Å². The molecule has 1 N–H and O–H groups in total. The van der Waals surface area contributed by atoms with E-state index in [4.69, 9.17) is 18.6 Å². The number of para-hydroxylation sites is 1. The van der Waals surface area contributed by atoms with Crippen LogP contribution in [0.25, 0.3) is 17.3 Å². The summed E-state index contributed by atoms with van der Waals surface area (Å²) in [6, 6.07) is 12.1. The van der Waals surface area contributed by atoms with E-state index in [2.05, 4.69) is 19.9 Å². The van der Waals surface area contributed by atoms with Crippen molar-refractivity contribution in [2.24, 2.45) is 0 Å².